The van der Waals surface area contributed by atoms with E-state index in [1.54, 1.807) is 0 Å². The molecule has 0 spiro atoms. The number of aryl methyl sites for hydroxylation is 2. The molecule has 0 atom stereocenters. The summed E-state index contributed by atoms with van der Waals surface area (Å²) in [7, 11) is 0. The number of benzene rings is 2. The van der Waals surface area contributed by atoms with Crippen molar-refractivity contribution in [3.05, 3.63) is 70.8 Å². The van der Waals surface area contributed by atoms with Crippen LogP contribution >= 0.6 is 0 Å². The summed E-state index contributed by atoms with van der Waals surface area (Å²) in [6, 6.07) is 16.1. The second-order valence-electron chi connectivity index (χ2n) is 5.56. The summed E-state index contributed by atoms with van der Waals surface area (Å²) in [5.41, 5.74) is 3.99. The van der Waals surface area contributed by atoms with Gasteiger partial charge in [-0.3, -0.25) is 0 Å². The van der Waals surface area contributed by atoms with Crippen LogP contribution in [-0.2, 0) is 11.8 Å². The Hall–Kier alpha value is -1.64. The summed E-state index contributed by atoms with van der Waals surface area (Å²) in [4.78, 5) is 0. The molecule has 0 aromatic heterocycles. The van der Waals surface area contributed by atoms with Gasteiger partial charge < -0.3 is 10.2 Å². The maximum Gasteiger partial charge on any atom is 0.0553 e. The zero-order valence-corrected chi connectivity index (χ0v) is 12.1. The first kappa shape index (κ1) is 14.8. The summed E-state index contributed by atoms with van der Waals surface area (Å²) in [5, 5.41) is 19.7. The van der Waals surface area contributed by atoms with Gasteiger partial charge in [0, 0.05) is 5.41 Å². The van der Waals surface area contributed by atoms with Crippen LogP contribution in [0.3, 0.4) is 0 Å². The number of aliphatic hydroxyl groups is 2. The molecule has 2 heteroatoms. The molecule has 2 aromatic carbocycles. The molecule has 20 heavy (non-hydrogen) atoms. The molecule has 2 nitrogen and oxygen atoms in total. The van der Waals surface area contributed by atoms with E-state index < -0.39 is 5.41 Å². The predicted octanol–water partition coefficient (Wildman–Crippen LogP) is 2.77. The van der Waals surface area contributed by atoms with E-state index in [9.17, 15) is 10.2 Å². The average molecular weight is 270 g/mol. The van der Waals surface area contributed by atoms with Crippen LogP contribution < -0.4 is 0 Å². The molecular formula is C18H22O2. The highest BCUT2D eigenvalue weighted by Gasteiger charge is 2.31. The highest BCUT2D eigenvalue weighted by Crippen LogP contribution is 2.28. The highest BCUT2D eigenvalue weighted by atomic mass is 16.3. The Morgan fingerprint density at radius 2 is 1.50 bits per heavy atom. The van der Waals surface area contributed by atoms with E-state index >= 15 is 0 Å². The molecule has 0 radical (unpaired) electrons. The molecule has 0 aliphatic heterocycles. The molecule has 2 rings (SSSR count). The minimum Gasteiger partial charge on any atom is -0.395 e. The van der Waals surface area contributed by atoms with E-state index in [1.165, 1.54) is 11.1 Å². The lowest BCUT2D eigenvalue weighted by Gasteiger charge is -2.30. The van der Waals surface area contributed by atoms with Crippen molar-refractivity contribution in [2.24, 2.45) is 0 Å². The van der Waals surface area contributed by atoms with Crippen molar-refractivity contribution < 1.29 is 10.2 Å². The number of rotatable bonds is 5. The Morgan fingerprint density at radius 3 is 2.05 bits per heavy atom. The lowest BCUT2D eigenvalue weighted by atomic mass is 9.76. The molecule has 0 saturated heterocycles. The monoisotopic (exact) mass is 270 g/mol. The predicted molar refractivity (Wildman–Crippen MR) is 81.9 cm³/mol. The van der Waals surface area contributed by atoms with Crippen molar-refractivity contribution in [1.82, 2.24) is 0 Å². The minimum atomic E-state index is -0.622. The maximum absolute atomic E-state index is 9.86. The molecule has 106 valence electrons. The van der Waals surface area contributed by atoms with Crippen molar-refractivity contribution in [1.29, 1.82) is 0 Å². The molecule has 2 N–H and O–H groups in total. The maximum atomic E-state index is 9.86. The summed E-state index contributed by atoms with van der Waals surface area (Å²) in [6.07, 6.45) is 0.630. The van der Waals surface area contributed by atoms with Crippen molar-refractivity contribution in [2.45, 2.75) is 25.7 Å². The third-order valence-electron chi connectivity index (χ3n) is 4.11. The van der Waals surface area contributed by atoms with Gasteiger partial charge in [-0.1, -0.05) is 48.5 Å². The Bertz CT molecular complexity index is 557. The topological polar surface area (TPSA) is 40.5 Å². The van der Waals surface area contributed by atoms with Crippen molar-refractivity contribution >= 4 is 0 Å². The Labute approximate surface area is 120 Å². The third kappa shape index (κ3) is 2.92. The van der Waals surface area contributed by atoms with E-state index in [-0.39, 0.29) is 13.2 Å². The van der Waals surface area contributed by atoms with Crippen molar-refractivity contribution in [3.8, 4) is 0 Å². The minimum absolute atomic E-state index is 0.0690. The van der Waals surface area contributed by atoms with Crippen LogP contribution in [0, 0.1) is 13.8 Å². The molecule has 0 aliphatic rings. The van der Waals surface area contributed by atoms with Gasteiger partial charge in [0.1, 0.15) is 0 Å². The standard InChI is InChI=1S/C18H22O2/c1-14-8-9-16(10-15(14)2)11-18(12-19,13-20)17-6-4-3-5-7-17/h3-10,19-20H,11-13H2,1-2H3. The van der Waals surface area contributed by atoms with Crippen molar-refractivity contribution in [2.75, 3.05) is 13.2 Å². The van der Waals surface area contributed by atoms with Crippen LogP contribution in [0.4, 0.5) is 0 Å². The van der Waals surface area contributed by atoms with Crippen LogP contribution in [0.15, 0.2) is 48.5 Å². The van der Waals surface area contributed by atoms with E-state index in [4.69, 9.17) is 0 Å². The Balaban J connectivity index is 2.36. The smallest absolute Gasteiger partial charge is 0.0553 e. The van der Waals surface area contributed by atoms with Crippen molar-refractivity contribution in [3.63, 3.8) is 0 Å². The van der Waals surface area contributed by atoms with Gasteiger partial charge in [0.05, 0.1) is 13.2 Å². The number of aliphatic hydroxyl groups excluding tert-OH is 2. The molecule has 0 fully saturated rings. The summed E-state index contributed by atoms with van der Waals surface area (Å²) < 4.78 is 0. The molecule has 0 unspecified atom stereocenters. The first-order valence-electron chi connectivity index (χ1n) is 6.95. The summed E-state index contributed by atoms with van der Waals surface area (Å²) in [5.74, 6) is 0. The SMILES string of the molecule is Cc1ccc(CC(CO)(CO)c2ccccc2)cc1C. The van der Waals surface area contributed by atoms with Crippen LogP contribution in [0.25, 0.3) is 0 Å². The molecule has 2 aromatic rings. The van der Waals surface area contributed by atoms with E-state index in [2.05, 4.69) is 32.0 Å². The van der Waals surface area contributed by atoms with Gasteiger partial charge in [0.25, 0.3) is 0 Å². The molecule has 0 aliphatic carbocycles. The van der Waals surface area contributed by atoms with Gasteiger partial charge in [-0.25, -0.2) is 0 Å². The quantitative estimate of drug-likeness (QED) is 0.877. The Kier molecular flexibility index (Phi) is 4.58. The van der Waals surface area contributed by atoms with Gasteiger partial charge in [-0.2, -0.15) is 0 Å². The van der Waals surface area contributed by atoms with Gasteiger partial charge in [-0.05, 0) is 42.5 Å². The lowest BCUT2D eigenvalue weighted by Crippen LogP contribution is -2.37. The molecule has 0 heterocycles. The molecule has 0 saturated carbocycles. The zero-order valence-electron chi connectivity index (χ0n) is 12.1. The third-order valence-corrected chi connectivity index (χ3v) is 4.11. The largest absolute Gasteiger partial charge is 0.395 e. The number of hydrogen-bond acceptors (Lipinski definition) is 2. The first-order chi connectivity index (χ1) is 9.61. The average Bonchev–Trinajstić information content (AvgIpc) is 2.49. The van der Waals surface area contributed by atoms with Gasteiger partial charge in [0.2, 0.25) is 0 Å². The van der Waals surface area contributed by atoms with Crippen LogP contribution in [0.5, 0.6) is 0 Å². The van der Waals surface area contributed by atoms with Crippen LogP contribution in [-0.4, -0.2) is 23.4 Å². The fraction of sp³-hybridized carbons (Fsp3) is 0.333. The zero-order chi connectivity index (χ0) is 14.6. The van der Waals surface area contributed by atoms with E-state index in [1.807, 2.05) is 30.3 Å². The first-order valence-corrected chi connectivity index (χ1v) is 6.95. The second kappa shape index (κ2) is 6.21. The fourth-order valence-electron chi connectivity index (χ4n) is 2.54. The van der Waals surface area contributed by atoms with Gasteiger partial charge in [0.15, 0.2) is 0 Å². The van der Waals surface area contributed by atoms with Crippen LogP contribution in [0.1, 0.15) is 22.3 Å². The lowest BCUT2D eigenvalue weighted by molar-refractivity contribution is 0.116. The summed E-state index contributed by atoms with van der Waals surface area (Å²) >= 11 is 0. The number of hydrogen-bond donors (Lipinski definition) is 2. The van der Waals surface area contributed by atoms with Gasteiger partial charge >= 0.3 is 0 Å². The molecule has 0 bridgehead atoms. The van der Waals surface area contributed by atoms with Crippen LogP contribution in [0.2, 0.25) is 0 Å². The summed E-state index contributed by atoms with van der Waals surface area (Å²) in [6.45, 7) is 4.03. The highest BCUT2D eigenvalue weighted by molar-refractivity contribution is 5.34. The van der Waals surface area contributed by atoms with Gasteiger partial charge in [-0.15, -0.1) is 0 Å². The van der Waals surface area contributed by atoms with E-state index in [0.717, 1.165) is 11.1 Å². The molecule has 0 amide bonds. The second-order valence-corrected chi connectivity index (χ2v) is 5.56. The normalized spacial score (nSPS) is 11.6. The molecular weight excluding hydrogens is 248 g/mol. The van der Waals surface area contributed by atoms with E-state index in [0.29, 0.717) is 6.42 Å². The Morgan fingerprint density at radius 1 is 0.850 bits per heavy atom. The fourth-order valence-corrected chi connectivity index (χ4v) is 2.54.